The van der Waals surface area contributed by atoms with Crippen molar-refractivity contribution in [1.82, 2.24) is 34.8 Å². The third-order valence-electron chi connectivity index (χ3n) is 7.25. The molecule has 0 radical (unpaired) electrons. The lowest BCUT2D eigenvalue weighted by atomic mass is 10.1. The quantitative estimate of drug-likeness (QED) is 0.290. The SMILES string of the molecule is Cc1ccc(C(=O)Nc2cc(N3CCN(C)CC3)cc(C(F)(F)F)c2)cc1-n1cc(-c2cnc3[nH]c(=O)[nH]c3c2)nn1. The second-order valence-corrected chi connectivity index (χ2v) is 10.3. The van der Waals surface area contributed by atoms with Gasteiger partial charge in [0.15, 0.2) is 5.65 Å². The number of rotatable bonds is 5. The van der Waals surface area contributed by atoms with E-state index in [0.29, 0.717) is 46.9 Å². The first-order chi connectivity index (χ1) is 20.0. The molecule has 2 aromatic carbocycles. The number of nitrogens with one attached hydrogen (secondary N) is 3. The molecule has 6 rings (SSSR count). The molecule has 5 aromatic rings. The number of carbonyl (C=O) groups is 1. The van der Waals surface area contributed by atoms with Crippen LogP contribution in [0.15, 0.2) is 59.7 Å². The number of likely N-dealkylation sites (N-methyl/N-ethyl adjacent to an activating group) is 1. The molecule has 1 fully saturated rings. The van der Waals surface area contributed by atoms with Gasteiger partial charge in [-0.3, -0.25) is 9.78 Å². The molecule has 1 saturated heterocycles. The zero-order valence-electron chi connectivity index (χ0n) is 22.7. The van der Waals surface area contributed by atoms with Crippen molar-refractivity contribution in [1.29, 1.82) is 0 Å². The third-order valence-corrected chi connectivity index (χ3v) is 7.25. The number of carbonyl (C=O) groups excluding carboxylic acids is 1. The van der Waals surface area contributed by atoms with Gasteiger partial charge >= 0.3 is 11.9 Å². The topological polar surface area (TPSA) is 128 Å². The van der Waals surface area contributed by atoms with Gasteiger partial charge in [-0.25, -0.2) is 14.5 Å². The summed E-state index contributed by atoms with van der Waals surface area (Å²) < 4.78 is 42.7. The van der Waals surface area contributed by atoms with E-state index in [2.05, 4.69) is 35.5 Å². The highest BCUT2D eigenvalue weighted by atomic mass is 19.4. The molecular formula is C28H26F3N9O2. The van der Waals surface area contributed by atoms with Crippen molar-refractivity contribution < 1.29 is 18.0 Å². The van der Waals surface area contributed by atoms with Crippen LogP contribution in [0.1, 0.15) is 21.5 Å². The van der Waals surface area contributed by atoms with Crippen LogP contribution in [0.4, 0.5) is 24.5 Å². The van der Waals surface area contributed by atoms with E-state index in [9.17, 15) is 22.8 Å². The van der Waals surface area contributed by atoms with Crippen molar-refractivity contribution in [3.8, 4) is 16.9 Å². The molecule has 0 saturated carbocycles. The van der Waals surface area contributed by atoms with E-state index in [1.165, 1.54) is 4.68 Å². The predicted molar refractivity (Wildman–Crippen MR) is 151 cm³/mol. The molecule has 0 atom stereocenters. The Morgan fingerprint density at radius 3 is 2.57 bits per heavy atom. The Balaban J connectivity index is 1.27. The summed E-state index contributed by atoms with van der Waals surface area (Å²) >= 11 is 0. The first kappa shape index (κ1) is 27.2. The number of aryl methyl sites for hydroxylation is 1. The number of anilines is 2. The second-order valence-electron chi connectivity index (χ2n) is 10.3. The number of hydrogen-bond donors (Lipinski definition) is 3. The minimum absolute atomic E-state index is 0.0552. The van der Waals surface area contributed by atoms with E-state index in [1.54, 1.807) is 42.7 Å². The molecular weight excluding hydrogens is 551 g/mol. The lowest BCUT2D eigenvalue weighted by molar-refractivity contribution is -0.137. The highest BCUT2D eigenvalue weighted by Gasteiger charge is 2.32. The number of pyridine rings is 1. The number of halogens is 3. The standard InChI is InChI=1S/C28H26F3N9O2/c1-16-3-4-17(10-24(16)40-15-23(36-37-40)18-9-22-25(32-14-18)35-27(42)34-22)26(41)33-20-11-19(28(29,30)31)12-21(13-20)39-7-5-38(2)6-8-39/h3-4,9-15H,5-8H2,1-2H3,(H,33,41)(H2,32,34,35,42). The number of imidazole rings is 1. The first-order valence-electron chi connectivity index (χ1n) is 13.1. The van der Waals surface area contributed by atoms with Crippen molar-refractivity contribution in [3.63, 3.8) is 0 Å². The average molecular weight is 578 g/mol. The highest BCUT2D eigenvalue weighted by molar-refractivity contribution is 6.05. The van der Waals surface area contributed by atoms with E-state index in [0.717, 1.165) is 30.8 Å². The normalized spacial score (nSPS) is 14.5. The van der Waals surface area contributed by atoms with Gasteiger partial charge in [-0.15, -0.1) is 5.10 Å². The number of H-pyrrole nitrogens is 2. The molecule has 0 bridgehead atoms. The molecule has 1 aliphatic rings. The van der Waals surface area contributed by atoms with Crippen LogP contribution in [0.2, 0.25) is 0 Å². The molecule has 0 aliphatic carbocycles. The molecule has 0 spiro atoms. The van der Waals surface area contributed by atoms with Crippen LogP contribution < -0.4 is 15.9 Å². The summed E-state index contributed by atoms with van der Waals surface area (Å²) in [6, 6.07) is 10.3. The Kier molecular flexibility index (Phi) is 6.77. The minimum Gasteiger partial charge on any atom is -0.369 e. The number of amides is 1. The molecule has 3 aromatic heterocycles. The molecule has 1 amide bonds. The first-order valence-corrected chi connectivity index (χ1v) is 13.1. The van der Waals surface area contributed by atoms with Crippen molar-refractivity contribution in [2.24, 2.45) is 0 Å². The van der Waals surface area contributed by atoms with E-state index >= 15 is 0 Å². The zero-order chi connectivity index (χ0) is 29.6. The Morgan fingerprint density at radius 2 is 1.81 bits per heavy atom. The van der Waals surface area contributed by atoms with E-state index in [-0.39, 0.29) is 16.9 Å². The minimum atomic E-state index is -4.57. The van der Waals surface area contributed by atoms with Crippen LogP contribution in [0.5, 0.6) is 0 Å². The van der Waals surface area contributed by atoms with Crippen LogP contribution >= 0.6 is 0 Å². The molecule has 4 heterocycles. The Hall–Kier alpha value is -4.98. The van der Waals surface area contributed by atoms with Crippen LogP contribution in [0.25, 0.3) is 28.1 Å². The number of alkyl halides is 3. The van der Waals surface area contributed by atoms with Gasteiger partial charge in [0, 0.05) is 54.9 Å². The average Bonchev–Trinajstić information content (AvgIpc) is 3.59. The van der Waals surface area contributed by atoms with Crippen molar-refractivity contribution >= 4 is 28.4 Å². The monoisotopic (exact) mass is 577 g/mol. The van der Waals surface area contributed by atoms with Gasteiger partial charge in [-0.05, 0) is 55.9 Å². The lowest BCUT2D eigenvalue weighted by Gasteiger charge is -2.34. The van der Waals surface area contributed by atoms with Crippen LogP contribution in [-0.2, 0) is 6.18 Å². The number of aromatic nitrogens is 6. The van der Waals surface area contributed by atoms with E-state index < -0.39 is 17.6 Å². The fourth-order valence-corrected chi connectivity index (χ4v) is 4.87. The number of benzene rings is 2. The fourth-order valence-electron chi connectivity index (χ4n) is 4.87. The number of nitrogens with zero attached hydrogens (tertiary/aromatic N) is 6. The summed E-state index contributed by atoms with van der Waals surface area (Å²) in [4.78, 5) is 38.3. The number of piperazine rings is 1. The van der Waals surface area contributed by atoms with Crippen LogP contribution in [-0.4, -0.2) is 74.0 Å². The Labute approximate surface area is 237 Å². The number of fused-ring (bicyclic) bond motifs is 1. The Bertz CT molecular complexity index is 1850. The third kappa shape index (κ3) is 5.48. The maximum atomic E-state index is 13.7. The zero-order valence-corrected chi connectivity index (χ0v) is 22.7. The van der Waals surface area contributed by atoms with Gasteiger partial charge in [-0.2, -0.15) is 13.2 Å². The van der Waals surface area contributed by atoms with Crippen molar-refractivity contribution in [3.05, 3.63) is 82.0 Å². The smallest absolute Gasteiger partial charge is 0.369 e. The van der Waals surface area contributed by atoms with E-state index in [1.807, 2.05) is 18.9 Å². The summed E-state index contributed by atoms with van der Waals surface area (Å²) in [6.07, 6.45) is -1.35. The maximum absolute atomic E-state index is 13.7. The fraction of sp³-hybridized carbons (Fsp3) is 0.250. The number of aromatic amines is 2. The molecule has 14 heteroatoms. The lowest BCUT2D eigenvalue weighted by Crippen LogP contribution is -2.44. The van der Waals surface area contributed by atoms with Gasteiger partial charge in [0.05, 0.1) is 23.0 Å². The molecule has 42 heavy (non-hydrogen) atoms. The molecule has 216 valence electrons. The molecule has 11 nitrogen and oxygen atoms in total. The largest absolute Gasteiger partial charge is 0.416 e. The summed E-state index contributed by atoms with van der Waals surface area (Å²) in [5.41, 5.74) is 2.90. The molecule has 1 aliphatic heterocycles. The van der Waals surface area contributed by atoms with E-state index in [4.69, 9.17) is 0 Å². The van der Waals surface area contributed by atoms with Gasteiger partial charge in [0.25, 0.3) is 5.91 Å². The van der Waals surface area contributed by atoms with Crippen LogP contribution in [0.3, 0.4) is 0 Å². The summed E-state index contributed by atoms with van der Waals surface area (Å²) in [6.45, 7) is 4.46. The van der Waals surface area contributed by atoms with Crippen molar-refractivity contribution in [2.75, 3.05) is 43.4 Å². The molecule has 3 N–H and O–H groups in total. The summed E-state index contributed by atoms with van der Waals surface area (Å²) in [5, 5.41) is 11.0. The van der Waals surface area contributed by atoms with Gasteiger partial charge in [-0.1, -0.05) is 11.3 Å². The Morgan fingerprint density at radius 1 is 1.02 bits per heavy atom. The van der Waals surface area contributed by atoms with Crippen LogP contribution in [0, 0.1) is 6.92 Å². The number of hydrogen-bond acceptors (Lipinski definition) is 7. The summed E-state index contributed by atoms with van der Waals surface area (Å²) in [7, 11) is 1.97. The predicted octanol–water partition coefficient (Wildman–Crippen LogP) is 3.83. The van der Waals surface area contributed by atoms with Crippen molar-refractivity contribution in [2.45, 2.75) is 13.1 Å². The summed E-state index contributed by atoms with van der Waals surface area (Å²) in [5.74, 6) is -0.564. The van der Waals surface area contributed by atoms with Gasteiger partial charge in [0.1, 0.15) is 5.69 Å². The van der Waals surface area contributed by atoms with Gasteiger partial charge in [0.2, 0.25) is 0 Å². The molecule has 0 unspecified atom stereocenters. The maximum Gasteiger partial charge on any atom is 0.416 e. The van der Waals surface area contributed by atoms with Gasteiger partial charge < -0.3 is 20.1 Å². The highest BCUT2D eigenvalue weighted by Crippen LogP contribution is 2.35. The second kappa shape index (κ2) is 10.4.